The van der Waals surface area contributed by atoms with Crippen LogP contribution >= 0.6 is 24.0 Å². The third-order valence-electron chi connectivity index (χ3n) is 4.07. The Balaban J connectivity index is 0.00000264. The van der Waals surface area contributed by atoms with Crippen LogP contribution in [0.3, 0.4) is 0 Å². The molecule has 23 heavy (non-hydrogen) atoms. The summed E-state index contributed by atoms with van der Waals surface area (Å²) in [6, 6.07) is 0. The highest BCUT2D eigenvalue weighted by atomic mass is 127. The standard InChI is InChI=1S/C17H31N5.HI/c1-5-18-17(21-11-14(2)9-15(3)12-21)19-7-6-8-22-13-16(4)10-20-22;/h10,13-15H,5-9,11-12H2,1-4H3,(H,18,19);1H. The van der Waals surface area contributed by atoms with Crippen LogP contribution in [0.15, 0.2) is 17.4 Å². The zero-order valence-electron chi connectivity index (χ0n) is 15.0. The smallest absolute Gasteiger partial charge is 0.193 e. The fraction of sp³-hybridized carbons (Fsp3) is 0.765. The maximum absolute atomic E-state index is 4.82. The number of aliphatic imine (C=N–C) groups is 1. The van der Waals surface area contributed by atoms with Crippen molar-refractivity contribution in [3.8, 4) is 0 Å². The molecular formula is C17H32IN5. The SMILES string of the molecule is CCNC(=NCCCn1cc(C)cn1)N1CC(C)CC(C)C1.I. The van der Waals surface area contributed by atoms with Crippen LogP contribution < -0.4 is 5.32 Å². The van der Waals surface area contributed by atoms with Crippen LogP contribution in [-0.4, -0.2) is 46.8 Å². The molecule has 1 aliphatic heterocycles. The number of hydrogen-bond acceptors (Lipinski definition) is 2. The van der Waals surface area contributed by atoms with Gasteiger partial charge in [0.2, 0.25) is 0 Å². The average molecular weight is 433 g/mol. The van der Waals surface area contributed by atoms with Crippen molar-refractivity contribution in [3.05, 3.63) is 18.0 Å². The monoisotopic (exact) mass is 433 g/mol. The van der Waals surface area contributed by atoms with Crippen molar-refractivity contribution in [2.24, 2.45) is 16.8 Å². The van der Waals surface area contributed by atoms with Gasteiger partial charge in [-0.25, -0.2) is 0 Å². The molecule has 0 amide bonds. The topological polar surface area (TPSA) is 45.5 Å². The van der Waals surface area contributed by atoms with E-state index in [1.807, 2.05) is 10.9 Å². The average Bonchev–Trinajstić information content (AvgIpc) is 2.87. The van der Waals surface area contributed by atoms with Crippen LogP contribution in [0.4, 0.5) is 0 Å². The van der Waals surface area contributed by atoms with Crippen molar-refractivity contribution in [3.63, 3.8) is 0 Å². The second kappa shape index (κ2) is 10.2. The molecule has 1 aliphatic rings. The Morgan fingerprint density at radius 2 is 2.04 bits per heavy atom. The predicted octanol–water partition coefficient (Wildman–Crippen LogP) is 3.14. The molecule has 2 rings (SSSR count). The maximum Gasteiger partial charge on any atom is 0.193 e. The van der Waals surface area contributed by atoms with Gasteiger partial charge in [0.05, 0.1) is 6.20 Å². The summed E-state index contributed by atoms with van der Waals surface area (Å²) >= 11 is 0. The number of nitrogens with zero attached hydrogens (tertiary/aromatic N) is 4. The van der Waals surface area contributed by atoms with Crippen LogP contribution in [0.1, 0.15) is 39.2 Å². The van der Waals surface area contributed by atoms with Gasteiger partial charge in [0, 0.05) is 38.9 Å². The lowest BCUT2D eigenvalue weighted by Gasteiger charge is -2.37. The number of rotatable bonds is 5. The van der Waals surface area contributed by atoms with Crippen LogP contribution in [0.2, 0.25) is 0 Å². The summed E-state index contributed by atoms with van der Waals surface area (Å²) in [7, 11) is 0. The molecule has 5 nitrogen and oxygen atoms in total. The van der Waals surface area contributed by atoms with Crippen molar-refractivity contribution in [1.29, 1.82) is 0 Å². The van der Waals surface area contributed by atoms with E-state index in [1.54, 1.807) is 0 Å². The first kappa shape index (κ1) is 20.3. The van der Waals surface area contributed by atoms with Gasteiger partial charge < -0.3 is 10.2 Å². The van der Waals surface area contributed by atoms with Gasteiger partial charge in [0.15, 0.2) is 5.96 Å². The van der Waals surface area contributed by atoms with Gasteiger partial charge in [-0.2, -0.15) is 5.10 Å². The van der Waals surface area contributed by atoms with Crippen LogP contribution in [0, 0.1) is 18.8 Å². The molecule has 0 saturated carbocycles. The van der Waals surface area contributed by atoms with E-state index in [9.17, 15) is 0 Å². The predicted molar refractivity (Wildman–Crippen MR) is 107 cm³/mol. The lowest BCUT2D eigenvalue weighted by Crippen LogP contribution is -2.48. The minimum atomic E-state index is 0. The second-order valence-corrected chi connectivity index (χ2v) is 6.72. The summed E-state index contributed by atoms with van der Waals surface area (Å²) in [5.41, 5.74) is 1.22. The number of aromatic nitrogens is 2. The lowest BCUT2D eigenvalue weighted by atomic mass is 9.92. The largest absolute Gasteiger partial charge is 0.357 e. The Hall–Kier alpha value is -0.790. The van der Waals surface area contributed by atoms with E-state index in [1.165, 1.54) is 12.0 Å². The first-order chi connectivity index (χ1) is 10.6. The number of halogens is 1. The third-order valence-corrected chi connectivity index (χ3v) is 4.07. The van der Waals surface area contributed by atoms with Gasteiger partial charge in [-0.15, -0.1) is 24.0 Å². The fourth-order valence-electron chi connectivity index (χ4n) is 3.27. The molecule has 0 aliphatic carbocycles. The molecule has 1 aromatic heterocycles. The normalized spacial score (nSPS) is 21.9. The van der Waals surface area contributed by atoms with E-state index in [2.05, 4.69) is 49.2 Å². The Bertz CT molecular complexity index is 475. The number of nitrogens with one attached hydrogen (secondary N) is 1. The third kappa shape index (κ3) is 6.69. The summed E-state index contributed by atoms with van der Waals surface area (Å²) in [5, 5.41) is 7.77. The van der Waals surface area contributed by atoms with Crippen molar-refractivity contribution < 1.29 is 0 Å². The zero-order valence-corrected chi connectivity index (χ0v) is 17.3. The molecule has 2 unspecified atom stereocenters. The van der Waals surface area contributed by atoms with Crippen LogP contribution in [0.25, 0.3) is 0 Å². The molecule has 1 fully saturated rings. The molecule has 1 aromatic rings. The Morgan fingerprint density at radius 3 is 2.61 bits per heavy atom. The number of likely N-dealkylation sites (tertiary alicyclic amines) is 1. The first-order valence-corrected chi connectivity index (χ1v) is 8.60. The van der Waals surface area contributed by atoms with E-state index < -0.39 is 0 Å². The fourth-order valence-corrected chi connectivity index (χ4v) is 3.27. The van der Waals surface area contributed by atoms with Crippen molar-refractivity contribution >= 4 is 29.9 Å². The Labute approximate surface area is 157 Å². The molecule has 2 heterocycles. The van der Waals surface area contributed by atoms with Gasteiger partial charge >= 0.3 is 0 Å². The summed E-state index contributed by atoms with van der Waals surface area (Å²) in [4.78, 5) is 7.25. The highest BCUT2D eigenvalue weighted by Crippen LogP contribution is 2.20. The number of guanidine groups is 1. The summed E-state index contributed by atoms with van der Waals surface area (Å²) < 4.78 is 2.00. The van der Waals surface area contributed by atoms with Gasteiger partial charge in [0.1, 0.15) is 0 Å². The highest BCUT2D eigenvalue weighted by Gasteiger charge is 2.23. The molecule has 0 radical (unpaired) electrons. The van der Waals surface area contributed by atoms with Gasteiger partial charge in [0.25, 0.3) is 0 Å². The summed E-state index contributed by atoms with van der Waals surface area (Å²) in [5.74, 6) is 2.58. The van der Waals surface area contributed by atoms with Crippen molar-refractivity contribution in [2.75, 3.05) is 26.2 Å². The van der Waals surface area contributed by atoms with Crippen LogP contribution in [0.5, 0.6) is 0 Å². The van der Waals surface area contributed by atoms with E-state index in [0.717, 1.165) is 56.9 Å². The Morgan fingerprint density at radius 1 is 1.35 bits per heavy atom. The first-order valence-electron chi connectivity index (χ1n) is 8.60. The number of hydrogen-bond donors (Lipinski definition) is 1. The van der Waals surface area contributed by atoms with Gasteiger partial charge in [-0.05, 0) is 44.1 Å². The molecule has 0 aromatic carbocycles. The summed E-state index contributed by atoms with van der Waals surface area (Å²) in [6.07, 6.45) is 6.34. The molecule has 6 heteroatoms. The molecule has 0 bridgehead atoms. The molecular weight excluding hydrogens is 401 g/mol. The van der Waals surface area contributed by atoms with Crippen molar-refractivity contribution in [2.45, 2.75) is 47.1 Å². The number of piperidine rings is 1. The van der Waals surface area contributed by atoms with Gasteiger partial charge in [-0.1, -0.05) is 13.8 Å². The minimum absolute atomic E-state index is 0. The van der Waals surface area contributed by atoms with Gasteiger partial charge in [-0.3, -0.25) is 9.67 Å². The molecule has 0 spiro atoms. The van der Waals surface area contributed by atoms with E-state index in [4.69, 9.17) is 4.99 Å². The molecule has 2 atom stereocenters. The molecule has 1 N–H and O–H groups in total. The quantitative estimate of drug-likeness (QED) is 0.336. The molecule has 132 valence electrons. The minimum Gasteiger partial charge on any atom is -0.357 e. The lowest BCUT2D eigenvalue weighted by molar-refractivity contribution is 0.208. The zero-order chi connectivity index (χ0) is 15.9. The maximum atomic E-state index is 4.82. The molecule has 1 saturated heterocycles. The highest BCUT2D eigenvalue weighted by molar-refractivity contribution is 14.0. The second-order valence-electron chi connectivity index (χ2n) is 6.72. The number of aryl methyl sites for hydroxylation is 2. The summed E-state index contributed by atoms with van der Waals surface area (Å²) in [6.45, 7) is 13.8. The van der Waals surface area contributed by atoms with Crippen LogP contribution in [-0.2, 0) is 6.54 Å². The van der Waals surface area contributed by atoms with E-state index in [0.29, 0.717) is 0 Å². The van der Waals surface area contributed by atoms with E-state index >= 15 is 0 Å². The van der Waals surface area contributed by atoms with E-state index in [-0.39, 0.29) is 24.0 Å². The Kier molecular flexibility index (Phi) is 8.94. The van der Waals surface area contributed by atoms with Crippen molar-refractivity contribution in [1.82, 2.24) is 20.0 Å².